The molecule has 1 saturated heterocycles. The van der Waals surface area contributed by atoms with Crippen LogP contribution >= 0.6 is 0 Å². The third kappa shape index (κ3) is 2.94. The van der Waals surface area contributed by atoms with Crippen LogP contribution in [0.3, 0.4) is 0 Å². The Kier molecular flexibility index (Phi) is 4.31. The van der Waals surface area contributed by atoms with Gasteiger partial charge in [0.25, 0.3) is 0 Å². The van der Waals surface area contributed by atoms with E-state index in [1.165, 1.54) is 17.3 Å². The van der Waals surface area contributed by atoms with Gasteiger partial charge < -0.3 is 10.5 Å². The summed E-state index contributed by atoms with van der Waals surface area (Å²) in [7, 11) is -3.75. The highest BCUT2D eigenvalue weighted by atomic mass is 32.2. The van der Waals surface area contributed by atoms with Crippen LogP contribution in [0, 0.1) is 12.7 Å². The first-order valence-corrected chi connectivity index (χ1v) is 7.93. The molecule has 0 aromatic heterocycles. The second-order valence-corrected chi connectivity index (χ2v) is 6.96. The SMILES string of the molecule is Cc1c(N)cc(S(=O)(=O)N2CCCOC(C)C2)cc1F. The summed E-state index contributed by atoms with van der Waals surface area (Å²) in [6.07, 6.45) is 0.438. The molecule has 0 spiro atoms. The molecular formula is C13H19FN2O3S. The van der Waals surface area contributed by atoms with Gasteiger partial charge in [-0.2, -0.15) is 4.31 Å². The topological polar surface area (TPSA) is 72.6 Å². The van der Waals surface area contributed by atoms with Gasteiger partial charge in [-0.1, -0.05) is 0 Å². The fourth-order valence-corrected chi connectivity index (χ4v) is 3.75. The molecule has 1 aromatic rings. The Morgan fingerprint density at radius 3 is 2.80 bits per heavy atom. The van der Waals surface area contributed by atoms with E-state index in [0.717, 1.165) is 6.07 Å². The van der Waals surface area contributed by atoms with Crippen molar-refractivity contribution < 1.29 is 17.5 Å². The van der Waals surface area contributed by atoms with Crippen molar-refractivity contribution in [1.82, 2.24) is 4.31 Å². The smallest absolute Gasteiger partial charge is 0.243 e. The molecule has 1 aromatic carbocycles. The second-order valence-electron chi connectivity index (χ2n) is 5.02. The van der Waals surface area contributed by atoms with Crippen LogP contribution in [0.1, 0.15) is 18.9 Å². The van der Waals surface area contributed by atoms with Gasteiger partial charge in [0, 0.05) is 30.9 Å². The number of nitrogens with two attached hydrogens (primary N) is 1. The first-order valence-electron chi connectivity index (χ1n) is 6.49. The van der Waals surface area contributed by atoms with Crippen LogP contribution in [0.2, 0.25) is 0 Å². The van der Waals surface area contributed by atoms with Gasteiger partial charge >= 0.3 is 0 Å². The van der Waals surface area contributed by atoms with E-state index in [1.54, 1.807) is 0 Å². The molecule has 1 fully saturated rings. The number of hydrogen-bond donors (Lipinski definition) is 1. The Balaban J connectivity index is 2.39. The largest absolute Gasteiger partial charge is 0.398 e. The molecule has 0 saturated carbocycles. The van der Waals surface area contributed by atoms with Crippen molar-refractivity contribution in [3.05, 3.63) is 23.5 Å². The highest BCUT2D eigenvalue weighted by Crippen LogP contribution is 2.24. The van der Waals surface area contributed by atoms with Crippen molar-refractivity contribution in [2.24, 2.45) is 0 Å². The normalized spacial score (nSPS) is 21.6. The Bertz CT molecular complexity index is 581. The maximum atomic E-state index is 13.7. The fraction of sp³-hybridized carbons (Fsp3) is 0.538. The standard InChI is InChI=1S/C13H19FN2O3S/c1-9-8-16(4-3-5-19-9)20(17,18)11-6-12(14)10(2)13(15)7-11/h6-7,9H,3-5,8,15H2,1-2H3. The molecule has 0 bridgehead atoms. The molecule has 2 N–H and O–H groups in total. The number of anilines is 1. The van der Waals surface area contributed by atoms with Gasteiger partial charge in [-0.15, -0.1) is 0 Å². The first-order chi connectivity index (χ1) is 9.32. The lowest BCUT2D eigenvalue weighted by atomic mass is 10.2. The summed E-state index contributed by atoms with van der Waals surface area (Å²) in [5.41, 5.74) is 6.06. The predicted molar refractivity (Wildman–Crippen MR) is 74.3 cm³/mol. The second kappa shape index (κ2) is 5.67. The molecule has 7 heteroatoms. The lowest BCUT2D eigenvalue weighted by Gasteiger charge is -2.22. The minimum atomic E-state index is -3.75. The van der Waals surface area contributed by atoms with Gasteiger partial charge in [0.05, 0.1) is 11.0 Å². The van der Waals surface area contributed by atoms with E-state index >= 15 is 0 Å². The van der Waals surface area contributed by atoms with Gasteiger partial charge in [0.15, 0.2) is 0 Å². The van der Waals surface area contributed by atoms with E-state index < -0.39 is 15.8 Å². The molecule has 0 radical (unpaired) electrons. The maximum absolute atomic E-state index is 13.7. The molecule has 1 unspecified atom stereocenters. The molecule has 0 amide bonds. The molecular weight excluding hydrogens is 283 g/mol. The molecule has 112 valence electrons. The highest BCUT2D eigenvalue weighted by molar-refractivity contribution is 7.89. The number of nitrogens with zero attached hydrogens (tertiary/aromatic N) is 1. The van der Waals surface area contributed by atoms with Crippen molar-refractivity contribution in [2.75, 3.05) is 25.4 Å². The monoisotopic (exact) mass is 302 g/mol. The van der Waals surface area contributed by atoms with Crippen LogP contribution in [0.25, 0.3) is 0 Å². The number of halogens is 1. The highest BCUT2D eigenvalue weighted by Gasteiger charge is 2.28. The zero-order valence-corrected chi connectivity index (χ0v) is 12.4. The van der Waals surface area contributed by atoms with Crippen molar-refractivity contribution in [3.63, 3.8) is 0 Å². The zero-order chi connectivity index (χ0) is 14.9. The summed E-state index contributed by atoms with van der Waals surface area (Å²) in [6.45, 7) is 4.48. The van der Waals surface area contributed by atoms with Crippen LogP contribution in [0.5, 0.6) is 0 Å². The summed E-state index contributed by atoms with van der Waals surface area (Å²) < 4.78 is 45.6. The third-order valence-electron chi connectivity index (χ3n) is 3.41. The Hall–Kier alpha value is -1.18. The summed E-state index contributed by atoms with van der Waals surface area (Å²) in [5.74, 6) is -0.609. The van der Waals surface area contributed by atoms with Gasteiger partial charge in [-0.3, -0.25) is 0 Å². The number of benzene rings is 1. The molecule has 20 heavy (non-hydrogen) atoms. The summed E-state index contributed by atoms with van der Waals surface area (Å²) in [5, 5.41) is 0. The number of ether oxygens (including phenoxy) is 1. The van der Waals surface area contributed by atoms with Crippen molar-refractivity contribution in [3.8, 4) is 0 Å². The minimum absolute atomic E-state index is 0.104. The van der Waals surface area contributed by atoms with Crippen molar-refractivity contribution in [1.29, 1.82) is 0 Å². The quantitative estimate of drug-likeness (QED) is 0.841. The fourth-order valence-electron chi connectivity index (χ4n) is 2.15. The maximum Gasteiger partial charge on any atom is 0.243 e. The van der Waals surface area contributed by atoms with Crippen molar-refractivity contribution in [2.45, 2.75) is 31.3 Å². The molecule has 2 rings (SSSR count). The van der Waals surface area contributed by atoms with Gasteiger partial charge in [-0.25, -0.2) is 12.8 Å². The van der Waals surface area contributed by atoms with Crippen LogP contribution in [0.4, 0.5) is 10.1 Å². The van der Waals surface area contributed by atoms with E-state index in [1.807, 2.05) is 6.92 Å². The lowest BCUT2D eigenvalue weighted by molar-refractivity contribution is 0.0752. The molecule has 5 nitrogen and oxygen atoms in total. The zero-order valence-electron chi connectivity index (χ0n) is 11.6. The number of sulfonamides is 1. The lowest BCUT2D eigenvalue weighted by Crippen LogP contribution is -2.36. The molecule has 1 heterocycles. The average Bonchev–Trinajstić information content (AvgIpc) is 2.60. The van der Waals surface area contributed by atoms with Crippen LogP contribution in [-0.4, -0.2) is 38.5 Å². The average molecular weight is 302 g/mol. The van der Waals surface area contributed by atoms with Gasteiger partial charge in [-0.05, 0) is 32.4 Å². The molecule has 1 aliphatic rings. The Labute approximate surface area is 118 Å². The number of nitrogen functional groups attached to an aromatic ring is 1. The minimum Gasteiger partial charge on any atom is -0.398 e. The van der Waals surface area contributed by atoms with Crippen molar-refractivity contribution >= 4 is 15.7 Å². The Morgan fingerprint density at radius 1 is 1.45 bits per heavy atom. The summed E-state index contributed by atoms with van der Waals surface area (Å²) in [4.78, 5) is -0.104. The van der Waals surface area contributed by atoms with E-state index in [-0.39, 0.29) is 28.8 Å². The van der Waals surface area contributed by atoms with E-state index in [9.17, 15) is 12.8 Å². The first kappa shape index (κ1) is 15.2. The van der Waals surface area contributed by atoms with Crippen LogP contribution in [0.15, 0.2) is 17.0 Å². The summed E-state index contributed by atoms with van der Waals surface area (Å²) in [6, 6.07) is 2.33. The molecule has 0 aliphatic carbocycles. The van der Waals surface area contributed by atoms with E-state index in [4.69, 9.17) is 10.5 Å². The van der Waals surface area contributed by atoms with Gasteiger partial charge in [0.2, 0.25) is 10.0 Å². The van der Waals surface area contributed by atoms with Crippen LogP contribution < -0.4 is 5.73 Å². The Morgan fingerprint density at radius 2 is 2.15 bits per heavy atom. The number of rotatable bonds is 2. The third-order valence-corrected chi connectivity index (χ3v) is 5.25. The summed E-state index contributed by atoms with van der Waals surface area (Å²) >= 11 is 0. The predicted octanol–water partition coefficient (Wildman–Crippen LogP) is 1.52. The molecule has 1 atom stereocenters. The van der Waals surface area contributed by atoms with E-state index in [2.05, 4.69) is 0 Å². The number of hydrogen-bond acceptors (Lipinski definition) is 4. The molecule has 1 aliphatic heterocycles. The van der Waals surface area contributed by atoms with Crippen LogP contribution in [-0.2, 0) is 14.8 Å². The van der Waals surface area contributed by atoms with Gasteiger partial charge in [0.1, 0.15) is 5.82 Å². The van der Waals surface area contributed by atoms with E-state index in [0.29, 0.717) is 19.6 Å².